The molecule has 1 aliphatic rings. The number of anilines is 1. The molecule has 1 heterocycles. The van der Waals surface area contributed by atoms with Gasteiger partial charge >= 0.3 is 6.03 Å². The Labute approximate surface area is 138 Å². The van der Waals surface area contributed by atoms with E-state index in [0.29, 0.717) is 24.4 Å². The number of allylic oxidation sites excluding steroid dienone is 1. The van der Waals surface area contributed by atoms with Gasteiger partial charge in [-0.25, -0.2) is 4.79 Å². The summed E-state index contributed by atoms with van der Waals surface area (Å²) in [6.45, 7) is 10.1. The topological polar surface area (TPSA) is 82.2 Å². The van der Waals surface area contributed by atoms with Gasteiger partial charge in [0.2, 0.25) is 0 Å². The third-order valence-electron chi connectivity index (χ3n) is 4.63. The van der Waals surface area contributed by atoms with E-state index in [9.17, 15) is 4.79 Å². The minimum absolute atomic E-state index is 0.198. The van der Waals surface area contributed by atoms with Crippen molar-refractivity contribution in [3.05, 3.63) is 40.6 Å². The number of hydrogen-bond donors (Lipinski definition) is 3. The summed E-state index contributed by atoms with van der Waals surface area (Å²) in [5, 5.41) is 11.4. The smallest absolute Gasteiger partial charge is 0.322 e. The number of nitrogens with zero attached hydrogens (tertiary/aromatic N) is 1. The van der Waals surface area contributed by atoms with Crippen LogP contribution in [0.15, 0.2) is 29.5 Å². The normalized spacial score (nSPS) is 19.0. The molecule has 1 aromatic carbocycles. The lowest BCUT2D eigenvalue weighted by atomic mass is 9.96. The van der Waals surface area contributed by atoms with E-state index in [0.717, 1.165) is 22.4 Å². The zero-order valence-electron chi connectivity index (χ0n) is 14.6. The van der Waals surface area contributed by atoms with Crippen molar-refractivity contribution in [1.29, 1.82) is 5.41 Å². The van der Waals surface area contributed by atoms with E-state index in [4.69, 9.17) is 11.1 Å². The van der Waals surface area contributed by atoms with E-state index in [1.165, 1.54) is 0 Å². The minimum Gasteiger partial charge on any atom is -0.402 e. The first-order valence-corrected chi connectivity index (χ1v) is 7.91. The van der Waals surface area contributed by atoms with Crippen LogP contribution in [0.2, 0.25) is 0 Å². The number of aryl methyl sites for hydroxylation is 2. The Morgan fingerprint density at radius 1 is 1.35 bits per heavy atom. The lowest BCUT2D eigenvalue weighted by Crippen LogP contribution is -2.48. The fraction of sp³-hybridized carbons (Fsp3) is 0.444. The van der Waals surface area contributed by atoms with Crippen molar-refractivity contribution in [3.63, 3.8) is 0 Å². The highest BCUT2D eigenvalue weighted by molar-refractivity contribution is 6.11. The van der Waals surface area contributed by atoms with Crippen LogP contribution in [0, 0.1) is 19.3 Å². The van der Waals surface area contributed by atoms with Gasteiger partial charge in [0.25, 0.3) is 0 Å². The summed E-state index contributed by atoms with van der Waals surface area (Å²) in [6.07, 6.45) is 0.681. The van der Waals surface area contributed by atoms with Crippen LogP contribution in [0.25, 0.3) is 0 Å². The first-order chi connectivity index (χ1) is 10.7. The van der Waals surface area contributed by atoms with Crippen molar-refractivity contribution >= 4 is 17.4 Å². The van der Waals surface area contributed by atoms with Crippen molar-refractivity contribution in [3.8, 4) is 0 Å². The molecule has 0 unspecified atom stereocenters. The minimum atomic E-state index is -0.671. The van der Waals surface area contributed by atoms with Crippen LogP contribution in [0.3, 0.4) is 0 Å². The Morgan fingerprint density at radius 3 is 2.43 bits per heavy atom. The summed E-state index contributed by atoms with van der Waals surface area (Å²) in [5.74, 6) is 0. The van der Waals surface area contributed by atoms with Crippen molar-refractivity contribution in [2.45, 2.75) is 46.6 Å². The first-order valence-electron chi connectivity index (χ1n) is 7.91. The average Bonchev–Trinajstić information content (AvgIpc) is 2.73. The molecular formula is C18H26N4O. The van der Waals surface area contributed by atoms with Crippen LogP contribution in [0.1, 0.15) is 38.3 Å². The van der Waals surface area contributed by atoms with Gasteiger partial charge in [-0.3, -0.25) is 0 Å². The van der Waals surface area contributed by atoms with Crippen LogP contribution < -0.4 is 11.1 Å². The second-order valence-electron chi connectivity index (χ2n) is 6.57. The van der Waals surface area contributed by atoms with Gasteiger partial charge in [0.15, 0.2) is 0 Å². The monoisotopic (exact) mass is 314 g/mol. The lowest BCUT2D eigenvalue weighted by molar-refractivity contribution is 0.195. The first kappa shape index (κ1) is 17.1. The molecule has 0 radical (unpaired) electrons. The van der Waals surface area contributed by atoms with Crippen molar-refractivity contribution < 1.29 is 4.79 Å². The Morgan fingerprint density at radius 2 is 1.91 bits per heavy atom. The largest absolute Gasteiger partial charge is 0.402 e. The predicted molar refractivity (Wildman–Crippen MR) is 95.0 cm³/mol. The standard InChI is InChI=1S/C18H26N4O/c1-6-14(19)13-10-22(18(4,5)16(13)20)17(23)21-15-11(2)8-7-9-12(15)3/h7-9,20H,6,10,19H2,1-5H3,(H,21,23). The molecule has 1 aliphatic heterocycles. The number of nitrogens with one attached hydrogen (secondary N) is 2. The second kappa shape index (κ2) is 6.07. The number of rotatable bonds is 2. The highest BCUT2D eigenvalue weighted by Gasteiger charge is 2.44. The molecule has 2 amide bonds. The highest BCUT2D eigenvalue weighted by atomic mass is 16.2. The molecule has 2 rings (SSSR count). The van der Waals surface area contributed by atoms with Gasteiger partial charge < -0.3 is 21.4 Å². The van der Waals surface area contributed by atoms with Crippen molar-refractivity contribution in [2.75, 3.05) is 11.9 Å². The summed E-state index contributed by atoms with van der Waals surface area (Å²) in [5.41, 5.74) is 10.1. The third kappa shape index (κ3) is 2.96. The van der Waals surface area contributed by atoms with E-state index in [1.807, 2.05) is 52.8 Å². The Kier molecular flexibility index (Phi) is 4.50. The molecule has 0 bridgehead atoms. The molecule has 5 heteroatoms. The van der Waals surface area contributed by atoms with Gasteiger partial charge in [0.1, 0.15) is 0 Å². The predicted octanol–water partition coefficient (Wildman–Crippen LogP) is 3.57. The van der Waals surface area contributed by atoms with Gasteiger partial charge in [-0.15, -0.1) is 0 Å². The molecule has 0 aromatic heterocycles. The van der Waals surface area contributed by atoms with Crippen LogP contribution in [0.5, 0.6) is 0 Å². The van der Waals surface area contributed by atoms with Crippen LogP contribution in [0.4, 0.5) is 10.5 Å². The molecule has 1 fully saturated rings. The number of para-hydroxylation sites is 1. The van der Waals surface area contributed by atoms with E-state index in [-0.39, 0.29) is 6.03 Å². The third-order valence-corrected chi connectivity index (χ3v) is 4.63. The van der Waals surface area contributed by atoms with E-state index >= 15 is 0 Å². The Balaban J connectivity index is 2.31. The van der Waals surface area contributed by atoms with Gasteiger partial charge in [0.05, 0.1) is 17.8 Å². The SMILES string of the molecule is CCC(N)=C1CN(C(=O)Nc2c(C)cccc2C)C(C)(C)C1=N. The fourth-order valence-electron chi connectivity index (χ4n) is 2.93. The second-order valence-corrected chi connectivity index (χ2v) is 6.57. The molecule has 5 nitrogen and oxygen atoms in total. The fourth-order valence-corrected chi connectivity index (χ4v) is 2.93. The number of carbonyl (C=O) groups excluding carboxylic acids is 1. The van der Waals surface area contributed by atoms with Gasteiger partial charge in [-0.05, 0) is 45.2 Å². The van der Waals surface area contributed by atoms with Gasteiger partial charge in [0, 0.05) is 17.0 Å². The Bertz CT molecular complexity index is 668. The number of likely N-dealkylation sites (tertiary alicyclic amines) is 1. The molecule has 0 spiro atoms. The van der Waals surface area contributed by atoms with E-state index < -0.39 is 5.54 Å². The van der Waals surface area contributed by atoms with Crippen LogP contribution in [-0.4, -0.2) is 28.7 Å². The molecule has 0 aliphatic carbocycles. The summed E-state index contributed by atoms with van der Waals surface area (Å²) < 4.78 is 0. The maximum atomic E-state index is 12.8. The molecule has 4 N–H and O–H groups in total. The van der Waals surface area contributed by atoms with Gasteiger partial charge in [-0.1, -0.05) is 25.1 Å². The van der Waals surface area contributed by atoms with E-state index in [2.05, 4.69) is 5.32 Å². The molecule has 1 saturated heterocycles. The summed E-state index contributed by atoms with van der Waals surface area (Å²) >= 11 is 0. The van der Waals surface area contributed by atoms with Gasteiger partial charge in [-0.2, -0.15) is 0 Å². The molecule has 0 saturated carbocycles. The quantitative estimate of drug-likeness (QED) is 0.780. The number of urea groups is 1. The molecule has 0 atom stereocenters. The maximum absolute atomic E-state index is 12.8. The number of amides is 2. The molecular weight excluding hydrogens is 288 g/mol. The van der Waals surface area contributed by atoms with E-state index in [1.54, 1.807) is 4.90 Å². The van der Waals surface area contributed by atoms with Crippen LogP contribution >= 0.6 is 0 Å². The average molecular weight is 314 g/mol. The molecule has 23 heavy (non-hydrogen) atoms. The highest BCUT2D eigenvalue weighted by Crippen LogP contribution is 2.32. The summed E-state index contributed by atoms with van der Waals surface area (Å²) in [6, 6.07) is 5.72. The summed E-state index contributed by atoms with van der Waals surface area (Å²) in [4.78, 5) is 14.5. The Hall–Kier alpha value is -2.30. The maximum Gasteiger partial charge on any atom is 0.322 e. The molecule has 1 aromatic rings. The van der Waals surface area contributed by atoms with Crippen molar-refractivity contribution in [1.82, 2.24) is 4.90 Å². The summed E-state index contributed by atoms with van der Waals surface area (Å²) in [7, 11) is 0. The zero-order chi connectivity index (χ0) is 17.4. The number of carbonyl (C=O) groups is 1. The number of hydrogen-bond acceptors (Lipinski definition) is 3. The number of benzene rings is 1. The zero-order valence-corrected chi connectivity index (χ0v) is 14.6. The molecule has 124 valence electrons. The van der Waals surface area contributed by atoms with Crippen LogP contribution in [-0.2, 0) is 0 Å². The van der Waals surface area contributed by atoms with Crippen molar-refractivity contribution in [2.24, 2.45) is 5.73 Å². The lowest BCUT2D eigenvalue weighted by Gasteiger charge is -2.31. The number of nitrogens with two attached hydrogens (primary N) is 1.